The summed E-state index contributed by atoms with van der Waals surface area (Å²) >= 11 is 3.97. The summed E-state index contributed by atoms with van der Waals surface area (Å²) in [4.78, 5) is 69.9. The quantitative estimate of drug-likeness (QED) is 0.0251. The molecular weight excluding hydrogens is 1710 g/mol. The number of hydrogen-bond acceptors (Lipinski definition) is 21. The predicted octanol–water partition coefficient (Wildman–Crippen LogP) is 24.9. The van der Waals surface area contributed by atoms with E-state index < -0.39 is 15.6 Å². The van der Waals surface area contributed by atoms with Gasteiger partial charge in [0, 0.05) is 91.8 Å². The van der Waals surface area contributed by atoms with Gasteiger partial charge in [-0.3, -0.25) is 47.9 Å². The highest BCUT2D eigenvalue weighted by Crippen LogP contribution is 2.53. The Balaban J connectivity index is 0.000000142. The number of benzene rings is 9. The largest absolute Gasteiger partial charge is 0.530 e. The molecule has 0 radical (unpaired) electrons. The third-order valence-corrected chi connectivity index (χ3v) is 30.2. The van der Waals surface area contributed by atoms with E-state index in [4.69, 9.17) is 41.8 Å². The fourth-order valence-electron chi connectivity index (χ4n) is 18.2. The molecule has 0 unspecified atom stereocenters. The monoisotopic (exact) mass is 1820 g/mol. The van der Waals surface area contributed by atoms with Crippen LogP contribution in [0.15, 0.2) is 164 Å². The van der Waals surface area contributed by atoms with Crippen LogP contribution in [0, 0.1) is 80.1 Å². The average molecular weight is 1830 g/mol. The minimum Gasteiger partial charge on any atom is -0.508 e. The van der Waals surface area contributed by atoms with Crippen LogP contribution >= 0.6 is 49.7 Å². The number of phosphoric acid groups is 2. The third-order valence-electron chi connectivity index (χ3n) is 24.7. The SMILES string of the molecule is CCOP(=O)(OCC)Oc1ccc2c(Oc3ccc(O[C@H]4CCN(CCC5CC5)C4)cc3)c(C(=O)c3c(C)cc(C)cc3C)sc2c1.Cc1cc(C)c(C(=O)c2sc3cc(O)ccc3c2-c2ccc(O[C@@H]3CCN(CCC4CC4)C3)cc2)c(C)c1.Cc1cc(C)c(C(=O)c2sc3cc(OP(=O)(O)O)ccc3c2Oc2ccc(O[C@H]3CCN(CCC4CC4)C3)cc2)c(C)c1. The maximum Gasteiger partial charge on any atom is 0.530 e. The molecule has 672 valence electrons. The number of carbonyl (C=O) groups is 3. The van der Waals surface area contributed by atoms with Crippen LogP contribution in [0.25, 0.3) is 41.4 Å². The van der Waals surface area contributed by atoms with Gasteiger partial charge in [-0.05, 0) is 306 Å². The molecular formula is C103H115N3O17P2S3. The first kappa shape index (κ1) is 91.7. The Labute approximate surface area is 762 Å². The predicted molar refractivity (Wildman–Crippen MR) is 510 cm³/mol. The summed E-state index contributed by atoms with van der Waals surface area (Å²) in [7, 11) is -8.54. The molecule has 3 N–H and O–H groups in total. The zero-order valence-corrected chi connectivity index (χ0v) is 79.1. The highest BCUT2D eigenvalue weighted by atomic mass is 32.1. The lowest BCUT2D eigenvalue weighted by molar-refractivity contribution is 0.103. The molecule has 3 aromatic heterocycles. The van der Waals surface area contributed by atoms with Crippen molar-refractivity contribution in [3.63, 3.8) is 0 Å². The van der Waals surface area contributed by atoms with Crippen molar-refractivity contribution in [1.29, 1.82) is 0 Å². The van der Waals surface area contributed by atoms with Crippen molar-refractivity contribution in [2.75, 3.05) is 72.1 Å². The molecule has 20 nitrogen and oxygen atoms in total. The summed E-state index contributed by atoms with van der Waals surface area (Å²) < 4.78 is 79.8. The molecule has 3 saturated heterocycles. The Morgan fingerprint density at radius 2 is 0.703 bits per heavy atom. The Morgan fingerprint density at radius 3 is 1.06 bits per heavy atom. The van der Waals surface area contributed by atoms with Gasteiger partial charge in [-0.2, -0.15) is 0 Å². The average Bonchev–Trinajstić information content (AvgIpc) is 1.61. The van der Waals surface area contributed by atoms with Crippen LogP contribution < -0.4 is 32.7 Å². The number of aryl methyl sites for hydroxylation is 9. The number of thiophene rings is 3. The summed E-state index contributed by atoms with van der Waals surface area (Å²) in [6.07, 6.45) is 16.0. The van der Waals surface area contributed by atoms with Crippen LogP contribution in [0.5, 0.6) is 57.5 Å². The summed E-state index contributed by atoms with van der Waals surface area (Å²) in [5.74, 6) is 7.59. The van der Waals surface area contributed by atoms with E-state index in [0.29, 0.717) is 64.6 Å². The second kappa shape index (κ2) is 40.0. The van der Waals surface area contributed by atoms with Crippen LogP contribution in [0.4, 0.5) is 0 Å². The molecule has 12 aromatic rings. The van der Waals surface area contributed by atoms with Crippen LogP contribution in [0.1, 0.15) is 187 Å². The number of phenols is 1. The van der Waals surface area contributed by atoms with Gasteiger partial charge >= 0.3 is 15.6 Å². The lowest BCUT2D eigenvalue weighted by Gasteiger charge is -2.17. The number of hydrogen-bond donors (Lipinski definition) is 3. The van der Waals surface area contributed by atoms with Crippen molar-refractivity contribution in [3.8, 4) is 68.6 Å². The van der Waals surface area contributed by atoms with Crippen molar-refractivity contribution in [3.05, 3.63) is 245 Å². The maximum absolute atomic E-state index is 14.2. The molecule has 3 aliphatic heterocycles. The number of carbonyl (C=O) groups excluding carboxylic acids is 3. The van der Waals surface area contributed by atoms with Gasteiger partial charge in [0.05, 0.1) is 18.1 Å². The van der Waals surface area contributed by atoms with Crippen molar-refractivity contribution >= 4 is 97.3 Å². The van der Waals surface area contributed by atoms with Gasteiger partial charge in [0.25, 0.3) is 0 Å². The Morgan fingerprint density at radius 1 is 0.383 bits per heavy atom. The van der Waals surface area contributed by atoms with E-state index in [-0.39, 0.29) is 60.4 Å². The van der Waals surface area contributed by atoms with Gasteiger partial charge in [0.2, 0.25) is 17.3 Å². The smallest absolute Gasteiger partial charge is 0.508 e. The Hall–Kier alpha value is -9.55. The van der Waals surface area contributed by atoms with E-state index in [1.807, 2.05) is 152 Å². The highest BCUT2D eigenvalue weighted by molar-refractivity contribution is 7.49. The van der Waals surface area contributed by atoms with Crippen molar-refractivity contribution < 1.29 is 80.2 Å². The summed E-state index contributed by atoms with van der Waals surface area (Å²) in [6, 6.07) is 50.7. The molecule has 0 bridgehead atoms. The number of ether oxygens (including phenoxy) is 5. The Bertz CT molecular complexity index is 6090. The fourth-order valence-corrected chi connectivity index (χ4v) is 23.2. The van der Waals surface area contributed by atoms with E-state index in [0.717, 1.165) is 187 Å². The summed E-state index contributed by atoms with van der Waals surface area (Å²) in [6.45, 7) is 31.4. The lowest BCUT2D eigenvalue weighted by atomic mass is 9.92. The van der Waals surface area contributed by atoms with Gasteiger partial charge < -0.3 is 37.8 Å². The number of phosphoric ester groups is 2. The van der Waals surface area contributed by atoms with Gasteiger partial charge in [-0.1, -0.05) is 104 Å². The van der Waals surface area contributed by atoms with Crippen LogP contribution in [-0.2, 0) is 18.2 Å². The molecule has 3 aliphatic carbocycles. The van der Waals surface area contributed by atoms with E-state index in [9.17, 15) is 38.4 Å². The zero-order chi connectivity index (χ0) is 89.8. The van der Waals surface area contributed by atoms with E-state index >= 15 is 0 Å². The minimum absolute atomic E-state index is 0.00912. The van der Waals surface area contributed by atoms with Gasteiger partial charge in [-0.25, -0.2) is 9.13 Å². The molecule has 128 heavy (non-hydrogen) atoms. The van der Waals surface area contributed by atoms with Crippen LogP contribution in [0.2, 0.25) is 0 Å². The number of nitrogens with zero attached hydrogens (tertiary/aromatic N) is 3. The van der Waals surface area contributed by atoms with Crippen LogP contribution in [-0.4, -0.2) is 137 Å². The first-order chi connectivity index (χ1) is 61.5. The van der Waals surface area contributed by atoms with Crippen LogP contribution in [0.3, 0.4) is 0 Å². The maximum atomic E-state index is 14.2. The molecule has 3 atom stereocenters. The van der Waals surface area contributed by atoms with Crippen molar-refractivity contribution in [2.45, 2.75) is 172 Å². The molecule has 25 heteroatoms. The second-order valence-corrected chi connectivity index (χ2v) is 41.4. The number of phenolic OH excluding ortho intramolecular Hbond substituents is 1. The fraction of sp³-hybridized carbons (Fsp3) is 0.388. The Kier molecular flexibility index (Phi) is 28.7. The lowest BCUT2D eigenvalue weighted by Crippen LogP contribution is -2.26. The standard InChI is InChI=1S/C37H44NO7PS.C33H36NO7PS.C33H35NO3S/c1-6-41-46(40,42-7-2)45-30-14-15-32-33(22-30)47-37(35(39)34-25(4)20-24(3)21-26(34)5)36(32)44-29-12-10-28(11-13-29)43-31-17-19-38(23-31)18-16-27-8-9-27;1-20-16-21(2)30(22(3)17-20)31(35)33-32(28-11-10-26(18-29(28)43-33)41-42(36,37)38)40-25-8-6-24(7-9-25)39-27-13-15-34(19-27)14-12-23-4-5-23;1-20-16-21(2)30(22(3)17-20)32(36)33-31(28-11-8-25(35)18-29(28)38-33)24-6-9-26(10-7-24)37-27-13-15-34(19-27)14-12-23-4-5-23/h10-15,20-22,27,31H,6-9,16-19,23H2,1-5H3;6-11,16-18,23,27H,4-5,12-15,19H2,1-3H3,(H2,36,37,38);6-11,16-18,23,27,35H,4-5,12-15,19H2,1-3H3/t31-;2*27-/m001/s1. The number of ketones is 3. The molecule has 18 rings (SSSR count). The molecule has 0 amide bonds. The number of aromatic hydroxyl groups is 1. The van der Waals surface area contributed by atoms with Crippen molar-refractivity contribution in [2.24, 2.45) is 17.8 Å². The second-order valence-electron chi connectivity index (χ2n) is 35.4. The van der Waals surface area contributed by atoms with E-state index in [2.05, 4.69) is 45.9 Å². The van der Waals surface area contributed by atoms with Gasteiger partial charge in [0.1, 0.15) is 74.1 Å². The first-order valence-electron chi connectivity index (χ1n) is 45.0. The number of fused-ring (bicyclic) bond motifs is 3. The molecule has 6 heterocycles. The third kappa shape index (κ3) is 22.9. The topological polar surface area (TPSA) is 239 Å². The van der Waals surface area contributed by atoms with Crippen molar-refractivity contribution in [1.82, 2.24) is 14.7 Å². The summed E-state index contributed by atoms with van der Waals surface area (Å²) in [5.41, 5.74) is 12.8. The molecule has 3 saturated carbocycles. The van der Waals surface area contributed by atoms with E-state index in [1.54, 1.807) is 44.2 Å². The molecule has 0 spiro atoms. The normalized spacial score (nSPS) is 17.3. The number of likely N-dealkylation sites (tertiary alicyclic amines) is 3. The molecule has 9 aromatic carbocycles. The number of rotatable bonds is 34. The van der Waals surface area contributed by atoms with Gasteiger partial charge in [-0.15, -0.1) is 34.0 Å². The molecule has 6 fully saturated rings. The summed E-state index contributed by atoms with van der Waals surface area (Å²) in [5, 5.41) is 12.5. The molecule has 6 aliphatic rings. The van der Waals surface area contributed by atoms with E-state index in [1.165, 1.54) is 117 Å². The minimum atomic E-state index is -4.74. The first-order valence-corrected chi connectivity index (χ1v) is 50.4. The zero-order valence-electron chi connectivity index (χ0n) is 74.8. The highest BCUT2D eigenvalue weighted by Gasteiger charge is 2.35. The van der Waals surface area contributed by atoms with Gasteiger partial charge in [0.15, 0.2) is 11.5 Å².